The highest BCUT2D eigenvalue weighted by molar-refractivity contribution is 7.52. The minimum Gasteiger partial charge on any atom is -0.396 e. The first-order chi connectivity index (χ1) is 6.02. The molecule has 0 spiro atoms. The van der Waals surface area contributed by atoms with Gasteiger partial charge in [-0.05, 0) is 26.2 Å². The first-order valence-corrected chi connectivity index (χ1v) is 6.39. The predicted molar refractivity (Wildman–Crippen MR) is 51.9 cm³/mol. The molecule has 0 rings (SSSR count). The van der Waals surface area contributed by atoms with Gasteiger partial charge < -0.3 is 14.5 Å². The van der Waals surface area contributed by atoms with Crippen LogP contribution < -0.4 is 0 Å². The Balaban J connectivity index is 3.73. The predicted octanol–water partition coefficient (Wildman–Crippen LogP) is 1.76. The minimum absolute atomic E-state index is 0.0589. The van der Waals surface area contributed by atoms with Crippen LogP contribution in [0, 0.1) is 0 Å². The fraction of sp³-hybridized carbons (Fsp3) is 1.00. The molecule has 0 aliphatic rings. The van der Waals surface area contributed by atoms with Gasteiger partial charge >= 0.3 is 7.60 Å². The summed E-state index contributed by atoms with van der Waals surface area (Å²) >= 11 is 0. The number of aliphatic hydroxyl groups is 1. The Morgan fingerprint density at radius 2 is 2.08 bits per heavy atom. The molecule has 0 aromatic heterocycles. The van der Waals surface area contributed by atoms with E-state index in [4.69, 9.17) is 9.63 Å². The third-order valence-electron chi connectivity index (χ3n) is 1.77. The van der Waals surface area contributed by atoms with E-state index in [0.29, 0.717) is 12.8 Å². The zero-order valence-corrected chi connectivity index (χ0v) is 9.17. The number of rotatable bonds is 7. The molecule has 0 aromatic rings. The van der Waals surface area contributed by atoms with Gasteiger partial charge in [-0.25, -0.2) is 0 Å². The second-order valence-electron chi connectivity index (χ2n) is 3.12. The van der Waals surface area contributed by atoms with Crippen LogP contribution in [0.2, 0.25) is 0 Å². The zero-order valence-electron chi connectivity index (χ0n) is 8.27. The Morgan fingerprint density at radius 1 is 1.46 bits per heavy atom. The number of hydrogen-bond donors (Lipinski definition) is 2. The molecule has 0 bridgehead atoms. The molecule has 0 aliphatic carbocycles. The lowest BCUT2D eigenvalue weighted by molar-refractivity contribution is 0.184. The summed E-state index contributed by atoms with van der Waals surface area (Å²) in [4.78, 5) is 9.29. The molecule has 80 valence electrons. The van der Waals surface area contributed by atoms with Crippen molar-refractivity contribution in [2.24, 2.45) is 0 Å². The topological polar surface area (TPSA) is 66.8 Å². The lowest BCUT2D eigenvalue weighted by Crippen LogP contribution is -2.06. The molecule has 0 saturated carbocycles. The van der Waals surface area contributed by atoms with Gasteiger partial charge in [0.2, 0.25) is 0 Å². The van der Waals surface area contributed by atoms with Gasteiger partial charge in [-0.2, -0.15) is 0 Å². The van der Waals surface area contributed by atoms with Crippen molar-refractivity contribution in [2.75, 3.05) is 12.8 Å². The smallest absolute Gasteiger partial charge is 0.328 e. The highest BCUT2D eigenvalue weighted by Crippen LogP contribution is 2.44. The van der Waals surface area contributed by atoms with E-state index in [1.54, 1.807) is 6.92 Å². The summed E-state index contributed by atoms with van der Waals surface area (Å²) in [5.41, 5.74) is 0. The first kappa shape index (κ1) is 13.1. The fourth-order valence-electron chi connectivity index (χ4n) is 0.832. The summed E-state index contributed by atoms with van der Waals surface area (Å²) in [5.74, 6) is 0. The molecule has 0 heterocycles. The second kappa shape index (κ2) is 6.55. The zero-order chi connectivity index (χ0) is 10.3. The minimum atomic E-state index is -3.41. The maximum Gasteiger partial charge on any atom is 0.328 e. The van der Waals surface area contributed by atoms with E-state index >= 15 is 0 Å². The quantitative estimate of drug-likeness (QED) is 0.496. The molecular formula is C8H19O4P. The van der Waals surface area contributed by atoms with Crippen LogP contribution in [-0.2, 0) is 9.09 Å². The molecule has 13 heavy (non-hydrogen) atoms. The summed E-state index contributed by atoms with van der Waals surface area (Å²) in [6, 6.07) is 0. The average molecular weight is 210 g/mol. The van der Waals surface area contributed by atoms with Crippen LogP contribution in [0.25, 0.3) is 0 Å². The largest absolute Gasteiger partial charge is 0.396 e. The summed E-state index contributed by atoms with van der Waals surface area (Å²) in [7, 11) is -3.41. The summed E-state index contributed by atoms with van der Waals surface area (Å²) in [6.45, 7) is 3.73. The highest BCUT2D eigenvalue weighted by atomic mass is 31.2. The van der Waals surface area contributed by atoms with Crippen LogP contribution in [0.5, 0.6) is 0 Å². The van der Waals surface area contributed by atoms with Crippen molar-refractivity contribution in [3.05, 3.63) is 0 Å². The molecule has 2 atom stereocenters. The molecule has 0 saturated heterocycles. The van der Waals surface area contributed by atoms with E-state index in [0.717, 1.165) is 6.42 Å². The van der Waals surface area contributed by atoms with E-state index in [1.807, 2.05) is 6.92 Å². The number of unbranched alkanes of at least 4 members (excludes halogenated alkanes) is 1. The molecule has 0 aliphatic heterocycles. The molecule has 2 N–H and O–H groups in total. The Labute approximate surface area is 79.5 Å². The van der Waals surface area contributed by atoms with Crippen LogP contribution in [-0.4, -0.2) is 28.9 Å². The summed E-state index contributed by atoms with van der Waals surface area (Å²) in [5, 5.41) is 8.48. The molecule has 0 fully saturated rings. The van der Waals surface area contributed by atoms with Gasteiger partial charge in [0.1, 0.15) is 0 Å². The van der Waals surface area contributed by atoms with Gasteiger partial charge in [-0.3, -0.25) is 4.57 Å². The summed E-state index contributed by atoms with van der Waals surface area (Å²) in [6.07, 6.45) is 1.77. The molecule has 0 aromatic carbocycles. The highest BCUT2D eigenvalue weighted by Gasteiger charge is 2.20. The van der Waals surface area contributed by atoms with Crippen molar-refractivity contribution < 1.29 is 19.1 Å². The van der Waals surface area contributed by atoms with Gasteiger partial charge in [-0.1, -0.05) is 6.92 Å². The maximum atomic E-state index is 11.3. The van der Waals surface area contributed by atoms with Gasteiger partial charge in [-0.15, -0.1) is 0 Å². The molecule has 0 radical (unpaired) electrons. The van der Waals surface area contributed by atoms with Crippen LogP contribution in [0.1, 0.15) is 33.1 Å². The van der Waals surface area contributed by atoms with Crippen molar-refractivity contribution in [3.63, 3.8) is 0 Å². The summed E-state index contributed by atoms with van der Waals surface area (Å²) < 4.78 is 16.3. The molecular weight excluding hydrogens is 191 g/mol. The van der Waals surface area contributed by atoms with Crippen LogP contribution in [0.15, 0.2) is 0 Å². The van der Waals surface area contributed by atoms with E-state index < -0.39 is 7.60 Å². The Kier molecular flexibility index (Phi) is 6.60. The van der Waals surface area contributed by atoms with E-state index in [9.17, 15) is 9.46 Å². The lowest BCUT2D eigenvalue weighted by Gasteiger charge is -2.16. The van der Waals surface area contributed by atoms with Crippen molar-refractivity contribution in [3.8, 4) is 0 Å². The Morgan fingerprint density at radius 3 is 2.54 bits per heavy atom. The normalized spacial score (nSPS) is 18.2. The molecule has 2 unspecified atom stereocenters. The second-order valence-corrected chi connectivity index (χ2v) is 5.05. The molecule has 4 nitrogen and oxygen atoms in total. The van der Waals surface area contributed by atoms with E-state index in [1.165, 1.54) is 0 Å². The van der Waals surface area contributed by atoms with Crippen LogP contribution in [0.3, 0.4) is 0 Å². The maximum absolute atomic E-state index is 11.3. The van der Waals surface area contributed by atoms with Gasteiger partial charge in [0.25, 0.3) is 0 Å². The van der Waals surface area contributed by atoms with Crippen molar-refractivity contribution in [1.82, 2.24) is 0 Å². The SMILES string of the molecule is CCC(C)OP(=O)(O)CCCCO. The first-order valence-electron chi connectivity index (χ1n) is 4.63. The van der Waals surface area contributed by atoms with E-state index in [2.05, 4.69) is 0 Å². The standard InChI is InChI=1S/C8H19O4P/c1-3-8(2)12-13(10,11)7-5-4-6-9/h8-9H,3-7H2,1-2H3,(H,10,11). The Hall–Kier alpha value is 0.110. The third kappa shape index (κ3) is 7.20. The van der Waals surface area contributed by atoms with Crippen molar-refractivity contribution in [1.29, 1.82) is 0 Å². The molecule has 5 heteroatoms. The van der Waals surface area contributed by atoms with Gasteiger partial charge in [0.15, 0.2) is 0 Å². The third-order valence-corrected chi connectivity index (χ3v) is 3.34. The lowest BCUT2D eigenvalue weighted by atomic mass is 10.3. The average Bonchev–Trinajstić information content (AvgIpc) is 2.03. The van der Waals surface area contributed by atoms with Crippen molar-refractivity contribution >= 4 is 7.60 Å². The van der Waals surface area contributed by atoms with Gasteiger partial charge in [0.05, 0.1) is 12.3 Å². The van der Waals surface area contributed by atoms with Gasteiger partial charge in [0, 0.05) is 6.61 Å². The monoisotopic (exact) mass is 210 g/mol. The van der Waals surface area contributed by atoms with Crippen LogP contribution in [0.4, 0.5) is 0 Å². The van der Waals surface area contributed by atoms with Crippen molar-refractivity contribution in [2.45, 2.75) is 39.2 Å². The van der Waals surface area contributed by atoms with Crippen LogP contribution >= 0.6 is 7.60 Å². The Bertz CT molecular complexity index is 172. The van der Waals surface area contributed by atoms with E-state index in [-0.39, 0.29) is 18.9 Å². The fourth-order valence-corrected chi connectivity index (χ4v) is 2.27. The number of aliphatic hydroxyl groups excluding tert-OH is 1. The number of hydrogen-bond acceptors (Lipinski definition) is 3. The molecule has 0 amide bonds.